The molecular formula is C10H14N2O. The quantitative estimate of drug-likeness (QED) is 0.709. The number of nitrogens with two attached hydrogens (primary N) is 1. The van der Waals surface area contributed by atoms with Crippen molar-refractivity contribution in [1.82, 2.24) is 4.98 Å². The summed E-state index contributed by atoms with van der Waals surface area (Å²) in [5.74, 6) is 0.570. The van der Waals surface area contributed by atoms with E-state index in [9.17, 15) is 0 Å². The average molecular weight is 178 g/mol. The van der Waals surface area contributed by atoms with Crippen LogP contribution in [0.1, 0.15) is 24.1 Å². The number of hydrogen-bond donors (Lipinski definition) is 1. The van der Waals surface area contributed by atoms with Crippen LogP contribution in [0, 0.1) is 0 Å². The van der Waals surface area contributed by atoms with Crippen LogP contribution in [0.25, 0.3) is 0 Å². The summed E-state index contributed by atoms with van der Waals surface area (Å²) in [6, 6.07) is 2.00. The average Bonchev–Trinajstić information content (AvgIpc) is 2.17. The lowest BCUT2D eigenvalue weighted by Gasteiger charge is -2.16. The lowest BCUT2D eigenvalue weighted by atomic mass is 9.96. The highest BCUT2D eigenvalue weighted by molar-refractivity contribution is 5.51. The Hall–Kier alpha value is -1.25. The summed E-state index contributed by atoms with van der Waals surface area (Å²) < 4.78 is 5.07. The van der Waals surface area contributed by atoms with Crippen LogP contribution in [0.4, 0.5) is 5.69 Å². The van der Waals surface area contributed by atoms with E-state index in [1.54, 1.807) is 7.11 Å². The third kappa shape index (κ3) is 1.46. The van der Waals surface area contributed by atoms with Gasteiger partial charge in [-0.05, 0) is 37.3 Å². The lowest BCUT2D eigenvalue weighted by Crippen LogP contribution is -2.08. The fourth-order valence-corrected chi connectivity index (χ4v) is 1.80. The number of nitrogen functional groups attached to an aromatic ring is 1. The molecule has 0 amide bonds. The summed E-state index contributed by atoms with van der Waals surface area (Å²) in [5.41, 5.74) is 8.88. The fraction of sp³-hybridized carbons (Fsp3) is 0.500. The van der Waals surface area contributed by atoms with Crippen molar-refractivity contribution in [1.29, 1.82) is 0 Å². The van der Waals surface area contributed by atoms with E-state index in [-0.39, 0.29) is 0 Å². The molecule has 0 bridgehead atoms. The Morgan fingerprint density at radius 2 is 2.15 bits per heavy atom. The van der Waals surface area contributed by atoms with Gasteiger partial charge in [0.1, 0.15) is 0 Å². The van der Waals surface area contributed by atoms with Crippen molar-refractivity contribution in [2.24, 2.45) is 0 Å². The highest BCUT2D eigenvalue weighted by Gasteiger charge is 2.13. The molecule has 1 heterocycles. The highest BCUT2D eigenvalue weighted by Crippen LogP contribution is 2.26. The Morgan fingerprint density at radius 1 is 1.38 bits per heavy atom. The van der Waals surface area contributed by atoms with Crippen LogP contribution in [0.2, 0.25) is 0 Å². The van der Waals surface area contributed by atoms with Gasteiger partial charge in [-0.3, -0.25) is 0 Å². The zero-order valence-corrected chi connectivity index (χ0v) is 7.84. The number of fused-ring (bicyclic) bond motifs is 1. The molecule has 0 aliphatic heterocycles. The number of aryl methyl sites for hydroxylation is 2. The van der Waals surface area contributed by atoms with E-state index in [4.69, 9.17) is 10.5 Å². The number of hydrogen-bond acceptors (Lipinski definition) is 3. The van der Waals surface area contributed by atoms with Gasteiger partial charge >= 0.3 is 0 Å². The highest BCUT2D eigenvalue weighted by atomic mass is 16.5. The van der Waals surface area contributed by atoms with E-state index in [1.807, 2.05) is 6.07 Å². The van der Waals surface area contributed by atoms with Crippen molar-refractivity contribution in [2.45, 2.75) is 25.7 Å². The van der Waals surface area contributed by atoms with Crippen LogP contribution < -0.4 is 10.5 Å². The van der Waals surface area contributed by atoms with E-state index >= 15 is 0 Å². The zero-order chi connectivity index (χ0) is 9.26. The molecule has 1 aliphatic rings. The molecule has 70 valence electrons. The maximum absolute atomic E-state index is 5.77. The van der Waals surface area contributed by atoms with Gasteiger partial charge in [-0.25, -0.2) is 4.98 Å². The fourth-order valence-electron chi connectivity index (χ4n) is 1.80. The van der Waals surface area contributed by atoms with Gasteiger partial charge in [0.05, 0.1) is 12.8 Å². The van der Waals surface area contributed by atoms with E-state index in [1.165, 1.54) is 18.4 Å². The second kappa shape index (κ2) is 3.24. The van der Waals surface area contributed by atoms with Crippen molar-refractivity contribution < 1.29 is 4.74 Å². The minimum Gasteiger partial charge on any atom is -0.480 e. The molecular weight excluding hydrogens is 164 g/mol. The summed E-state index contributed by atoms with van der Waals surface area (Å²) in [7, 11) is 1.61. The largest absolute Gasteiger partial charge is 0.480 e. The molecule has 13 heavy (non-hydrogen) atoms. The van der Waals surface area contributed by atoms with Crippen LogP contribution in [-0.2, 0) is 12.8 Å². The molecule has 3 nitrogen and oxygen atoms in total. The number of methoxy groups -OCH3 is 1. The summed E-state index contributed by atoms with van der Waals surface area (Å²) in [6.07, 6.45) is 4.65. The van der Waals surface area contributed by atoms with Crippen molar-refractivity contribution >= 4 is 5.69 Å². The summed E-state index contributed by atoms with van der Waals surface area (Å²) in [5, 5.41) is 0. The van der Waals surface area contributed by atoms with Gasteiger partial charge in [-0.1, -0.05) is 0 Å². The smallest absolute Gasteiger partial charge is 0.237 e. The van der Waals surface area contributed by atoms with Gasteiger partial charge in [0.15, 0.2) is 0 Å². The summed E-state index contributed by atoms with van der Waals surface area (Å²) >= 11 is 0. The first-order valence-corrected chi connectivity index (χ1v) is 4.63. The number of nitrogens with zero attached hydrogens (tertiary/aromatic N) is 1. The molecule has 2 rings (SSSR count). The Kier molecular flexibility index (Phi) is 2.08. The molecule has 0 atom stereocenters. The Bertz CT molecular complexity index is 323. The minimum atomic E-state index is 0.570. The molecule has 1 aromatic heterocycles. The minimum absolute atomic E-state index is 0.570. The van der Waals surface area contributed by atoms with Crippen LogP contribution in [0.3, 0.4) is 0 Å². The van der Waals surface area contributed by atoms with E-state index in [0.717, 1.165) is 18.5 Å². The van der Waals surface area contributed by atoms with E-state index < -0.39 is 0 Å². The second-order valence-corrected chi connectivity index (χ2v) is 3.40. The molecule has 0 saturated carbocycles. The topological polar surface area (TPSA) is 48.1 Å². The first-order valence-electron chi connectivity index (χ1n) is 4.63. The normalized spacial score (nSPS) is 15.2. The molecule has 2 N–H and O–H groups in total. The first-order chi connectivity index (χ1) is 6.31. The van der Waals surface area contributed by atoms with Crippen LogP contribution in [0.5, 0.6) is 5.88 Å². The first kappa shape index (κ1) is 8.35. The second-order valence-electron chi connectivity index (χ2n) is 3.40. The number of aromatic nitrogens is 1. The van der Waals surface area contributed by atoms with E-state index in [0.29, 0.717) is 11.6 Å². The van der Waals surface area contributed by atoms with E-state index in [2.05, 4.69) is 4.98 Å². The molecule has 0 fully saturated rings. The summed E-state index contributed by atoms with van der Waals surface area (Å²) in [4.78, 5) is 4.38. The standard InChI is InChI=1S/C10H14N2O/c1-13-10-8(11)6-7-4-2-3-5-9(7)12-10/h6H,2-5,11H2,1H3. The summed E-state index contributed by atoms with van der Waals surface area (Å²) in [6.45, 7) is 0. The molecule has 0 saturated heterocycles. The molecule has 3 heteroatoms. The van der Waals surface area contributed by atoms with Gasteiger partial charge in [-0.2, -0.15) is 0 Å². The van der Waals surface area contributed by atoms with Gasteiger partial charge in [-0.15, -0.1) is 0 Å². The monoisotopic (exact) mass is 178 g/mol. The maximum atomic E-state index is 5.77. The maximum Gasteiger partial charge on any atom is 0.237 e. The van der Waals surface area contributed by atoms with Crippen LogP contribution >= 0.6 is 0 Å². The van der Waals surface area contributed by atoms with Crippen molar-refractivity contribution in [3.63, 3.8) is 0 Å². The number of anilines is 1. The Labute approximate surface area is 77.9 Å². The van der Waals surface area contributed by atoms with Gasteiger partial charge in [0.2, 0.25) is 5.88 Å². The molecule has 0 spiro atoms. The molecule has 0 aromatic carbocycles. The number of ether oxygens (including phenoxy) is 1. The molecule has 1 aliphatic carbocycles. The zero-order valence-electron chi connectivity index (χ0n) is 7.84. The van der Waals surface area contributed by atoms with Crippen molar-refractivity contribution in [3.8, 4) is 5.88 Å². The Balaban J connectivity index is 2.44. The van der Waals surface area contributed by atoms with Gasteiger partial charge < -0.3 is 10.5 Å². The Morgan fingerprint density at radius 3 is 2.92 bits per heavy atom. The van der Waals surface area contributed by atoms with Crippen LogP contribution in [0.15, 0.2) is 6.07 Å². The molecule has 0 radical (unpaired) electrons. The van der Waals surface area contributed by atoms with Crippen LogP contribution in [-0.4, -0.2) is 12.1 Å². The number of pyridine rings is 1. The van der Waals surface area contributed by atoms with Crippen molar-refractivity contribution in [2.75, 3.05) is 12.8 Å². The molecule has 1 aromatic rings. The number of rotatable bonds is 1. The third-order valence-corrected chi connectivity index (χ3v) is 2.49. The third-order valence-electron chi connectivity index (χ3n) is 2.49. The predicted octanol–water partition coefficient (Wildman–Crippen LogP) is 1.55. The van der Waals surface area contributed by atoms with Gasteiger partial charge in [0, 0.05) is 5.69 Å². The lowest BCUT2D eigenvalue weighted by molar-refractivity contribution is 0.397. The van der Waals surface area contributed by atoms with Gasteiger partial charge in [0.25, 0.3) is 0 Å². The SMILES string of the molecule is COc1nc2c(cc1N)CCCC2. The molecule has 0 unspecified atom stereocenters. The van der Waals surface area contributed by atoms with Crippen molar-refractivity contribution in [3.05, 3.63) is 17.3 Å². The predicted molar refractivity (Wildman–Crippen MR) is 51.8 cm³/mol.